The molecule has 0 saturated carbocycles. The third-order valence-electron chi connectivity index (χ3n) is 13.8. The van der Waals surface area contributed by atoms with Crippen molar-refractivity contribution in [1.29, 1.82) is 0 Å². The molecule has 0 radical (unpaired) electrons. The van der Waals surface area contributed by atoms with E-state index in [4.69, 9.17) is 34.6 Å². The molecular weight excluding hydrogens is 867 g/mol. The Bertz CT molecular complexity index is 2610. The number of carbonyl (C=O) groups excluding carboxylic acids is 4. The second-order valence-corrected chi connectivity index (χ2v) is 18.0. The van der Waals surface area contributed by atoms with E-state index in [0.29, 0.717) is 132 Å². The molecule has 0 unspecified atom stereocenters. The molecule has 4 aliphatic rings. The number of fused-ring (bicyclic) bond motifs is 8. The molecule has 4 aliphatic heterocycles. The average molecular weight is 936 g/mol. The number of nitrogens with two attached hydrogens (primary N) is 1. The van der Waals surface area contributed by atoms with Crippen molar-refractivity contribution in [3.05, 3.63) is 74.9 Å². The van der Waals surface area contributed by atoms with Crippen LogP contribution in [0.5, 0.6) is 0 Å². The SMILES string of the molecule is CCC1=C(C)c2cc3[nH]c(cc4nc(c5c6[nH]c(cc1n2)c(C)c6C(=O)N(CCN1CCOCC1)C5=O)[C@@H](CCC(=O)N(C)CCN)[C@@H]4C)c(C)c3/C=C/C(=O)N(C)CCOCCOCCOC. The number of allylic oxidation sites excluding steroid dienone is 2. The Morgan fingerprint density at radius 1 is 0.868 bits per heavy atom. The van der Waals surface area contributed by atoms with Gasteiger partial charge in [0.1, 0.15) is 0 Å². The van der Waals surface area contributed by atoms with Gasteiger partial charge in [-0.3, -0.25) is 34.0 Å². The largest absolute Gasteiger partial charge is 0.382 e. The Kier molecular flexibility index (Phi) is 16.8. The van der Waals surface area contributed by atoms with Gasteiger partial charge in [0.05, 0.1) is 80.0 Å². The van der Waals surface area contributed by atoms with Gasteiger partial charge in [-0.05, 0) is 80.2 Å². The van der Waals surface area contributed by atoms with Crippen LogP contribution >= 0.6 is 0 Å². The Hall–Kier alpha value is -5.56. The van der Waals surface area contributed by atoms with Gasteiger partial charge in [-0.2, -0.15) is 0 Å². The van der Waals surface area contributed by atoms with E-state index in [-0.39, 0.29) is 42.5 Å². The summed E-state index contributed by atoms with van der Waals surface area (Å²) in [5.41, 5.74) is 16.5. The van der Waals surface area contributed by atoms with Crippen LogP contribution in [0.15, 0.2) is 24.3 Å². The maximum absolute atomic E-state index is 15.1. The first-order valence-electron chi connectivity index (χ1n) is 23.9. The maximum atomic E-state index is 15.1. The van der Waals surface area contributed by atoms with Crippen LogP contribution in [0.4, 0.5) is 0 Å². The van der Waals surface area contributed by atoms with Gasteiger partial charge in [-0.1, -0.05) is 13.8 Å². The number of rotatable bonds is 20. The highest BCUT2D eigenvalue weighted by Crippen LogP contribution is 2.44. The number of aryl methyl sites for hydroxylation is 2. The van der Waals surface area contributed by atoms with Gasteiger partial charge in [-0.15, -0.1) is 0 Å². The second-order valence-electron chi connectivity index (χ2n) is 18.0. The molecule has 4 amide bonds. The van der Waals surface area contributed by atoms with E-state index in [1.807, 2.05) is 38.1 Å². The molecule has 0 spiro atoms. The number of aromatic nitrogens is 4. The van der Waals surface area contributed by atoms with Gasteiger partial charge in [0.25, 0.3) is 11.8 Å². The summed E-state index contributed by atoms with van der Waals surface area (Å²) in [7, 11) is 5.12. The average Bonchev–Trinajstić information content (AvgIpc) is 4.01. The van der Waals surface area contributed by atoms with Crippen molar-refractivity contribution < 1.29 is 38.1 Å². The Balaban J connectivity index is 1.38. The lowest BCUT2D eigenvalue weighted by Gasteiger charge is -2.31. The predicted octanol–water partition coefficient (Wildman–Crippen LogP) is 5.44. The summed E-state index contributed by atoms with van der Waals surface area (Å²) in [5.74, 6) is -1.57. The van der Waals surface area contributed by atoms with Crippen molar-refractivity contribution in [2.45, 2.75) is 65.7 Å². The van der Waals surface area contributed by atoms with Crippen molar-refractivity contribution >= 4 is 62.9 Å². The van der Waals surface area contributed by atoms with Crippen molar-refractivity contribution in [2.75, 3.05) is 113 Å². The summed E-state index contributed by atoms with van der Waals surface area (Å²) in [5, 5.41) is 0. The number of amides is 4. The number of carbonyl (C=O) groups is 4. The lowest BCUT2D eigenvalue weighted by atomic mass is 9.84. The molecule has 1 fully saturated rings. The van der Waals surface area contributed by atoms with E-state index in [0.717, 1.165) is 50.4 Å². The fourth-order valence-electron chi connectivity index (χ4n) is 9.47. The van der Waals surface area contributed by atoms with E-state index >= 15 is 4.79 Å². The number of H-pyrrole nitrogens is 2. The number of nitrogens with zero attached hydrogens (tertiary/aromatic N) is 6. The summed E-state index contributed by atoms with van der Waals surface area (Å²) >= 11 is 0. The fraction of sp³-hybridized carbons (Fsp3) is 0.529. The van der Waals surface area contributed by atoms with Crippen molar-refractivity contribution in [1.82, 2.24) is 39.5 Å². The van der Waals surface area contributed by atoms with E-state index in [1.54, 1.807) is 37.1 Å². The Morgan fingerprint density at radius 2 is 1.56 bits per heavy atom. The molecule has 7 rings (SSSR count). The third kappa shape index (κ3) is 10.8. The summed E-state index contributed by atoms with van der Waals surface area (Å²) in [4.78, 5) is 81.4. The first-order valence-corrected chi connectivity index (χ1v) is 23.9. The fourth-order valence-corrected chi connectivity index (χ4v) is 9.47. The molecule has 17 heteroatoms. The number of likely N-dealkylation sites (N-methyl/N-ethyl adjacent to an activating group) is 2. The minimum Gasteiger partial charge on any atom is -0.382 e. The van der Waals surface area contributed by atoms with Crippen LogP contribution in [0, 0.1) is 13.8 Å². The van der Waals surface area contributed by atoms with Gasteiger partial charge in [-0.25, -0.2) is 4.98 Å². The number of hydrogen-bond donors (Lipinski definition) is 3. The third-order valence-corrected chi connectivity index (χ3v) is 13.8. The smallest absolute Gasteiger partial charge is 0.264 e. The quantitative estimate of drug-likeness (QED) is 0.0738. The second kappa shape index (κ2) is 22.7. The van der Waals surface area contributed by atoms with Crippen LogP contribution in [0.25, 0.3) is 39.3 Å². The van der Waals surface area contributed by atoms with E-state index in [1.165, 1.54) is 4.90 Å². The molecular formula is C51H69N9O8. The predicted molar refractivity (Wildman–Crippen MR) is 263 cm³/mol. The highest BCUT2D eigenvalue weighted by molar-refractivity contribution is 6.23. The highest BCUT2D eigenvalue weighted by Gasteiger charge is 2.41. The van der Waals surface area contributed by atoms with E-state index < -0.39 is 5.91 Å². The van der Waals surface area contributed by atoms with Gasteiger partial charge in [0.2, 0.25) is 11.8 Å². The van der Waals surface area contributed by atoms with E-state index in [9.17, 15) is 14.4 Å². The topological polar surface area (TPSA) is 202 Å². The minimum absolute atomic E-state index is 0.0512. The molecule has 17 nitrogen and oxygen atoms in total. The number of aromatic amines is 2. The number of ether oxygens (including phenoxy) is 4. The van der Waals surface area contributed by atoms with Crippen LogP contribution in [0.1, 0.15) is 112 Å². The standard InChI is InChI=1S/C51H69N9O8/c1-9-35-31(2)39-29-43-36(10-12-45(62)58(7)18-21-67-26-27-68-25-24-65-8)32(3)38(54-43)28-40-33(4)37(11-13-44(61)57(6)15-14-52)48(55-40)47-49-46(34(5)41(56-49)30-42(35)53-39)50(63)60(51(47)64)17-16-59-19-22-66-23-20-59/h10,12,28-30,33,37,54,56H,9,11,13-27,52H2,1-8H3/b12-10+,38-28?,39-29?,40-28?,41-30?,42-30?,43-29?,48-47?/t33-,37-/m0/s1. The summed E-state index contributed by atoms with van der Waals surface area (Å²) in [6.45, 7) is 16.9. The van der Waals surface area contributed by atoms with Crippen LogP contribution in [-0.2, 0) is 28.5 Å². The molecule has 68 heavy (non-hydrogen) atoms. The molecule has 2 atom stereocenters. The minimum atomic E-state index is -0.416. The monoisotopic (exact) mass is 936 g/mol. The molecule has 0 aliphatic carbocycles. The molecule has 366 valence electrons. The zero-order chi connectivity index (χ0) is 48.6. The van der Waals surface area contributed by atoms with Crippen molar-refractivity contribution in [2.24, 2.45) is 5.73 Å². The highest BCUT2D eigenvalue weighted by atomic mass is 16.5. The number of nitrogens with one attached hydrogen (secondary N) is 2. The molecule has 8 bridgehead atoms. The summed E-state index contributed by atoms with van der Waals surface area (Å²) < 4.78 is 21.7. The maximum Gasteiger partial charge on any atom is 0.264 e. The molecule has 3 aromatic heterocycles. The van der Waals surface area contributed by atoms with Crippen molar-refractivity contribution in [3.8, 4) is 0 Å². The Morgan fingerprint density at radius 3 is 2.28 bits per heavy atom. The van der Waals surface area contributed by atoms with Gasteiger partial charge in [0.15, 0.2) is 0 Å². The molecule has 7 heterocycles. The normalized spacial score (nSPS) is 17.5. The lowest BCUT2D eigenvalue weighted by molar-refractivity contribution is -0.130. The van der Waals surface area contributed by atoms with Gasteiger partial charge >= 0.3 is 0 Å². The first kappa shape index (κ1) is 50.3. The number of imide groups is 1. The van der Waals surface area contributed by atoms with Crippen LogP contribution in [-0.4, -0.2) is 176 Å². The zero-order valence-electron chi connectivity index (χ0n) is 41.1. The summed E-state index contributed by atoms with van der Waals surface area (Å²) in [6, 6.07) is 6.01. The van der Waals surface area contributed by atoms with Crippen LogP contribution in [0.2, 0.25) is 0 Å². The molecule has 4 N–H and O–H groups in total. The zero-order valence-corrected chi connectivity index (χ0v) is 41.1. The Labute approximate surface area is 399 Å². The summed E-state index contributed by atoms with van der Waals surface area (Å²) in [6.07, 6.45) is 4.75. The van der Waals surface area contributed by atoms with Gasteiger partial charge < -0.3 is 44.4 Å². The van der Waals surface area contributed by atoms with Gasteiger partial charge in [0, 0.05) is 119 Å². The van der Waals surface area contributed by atoms with Crippen LogP contribution in [0.3, 0.4) is 0 Å². The molecule has 1 saturated heterocycles. The van der Waals surface area contributed by atoms with Crippen molar-refractivity contribution in [3.63, 3.8) is 0 Å². The molecule has 3 aromatic rings. The molecule has 0 aromatic carbocycles. The first-order chi connectivity index (χ1) is 32.8. The number of methoxy groups -OCH3 is 1. The van der Waals surface area contributed by atoms with E-state index in [2.05, 4.69) is 35.6 Å². The number of morpholine rings is 1. The lowest BCUT2D eigenvalue weighted by Crippen LogP contribution is -2.47. The number of hydrogen-bond acceptors (Lipinski definition) is 12. The van der Waals surface area contributed by atoms with Crippen LogP contribution < -0.4 is 5.73 Å².